The van der Waals surface area contributed by atoms with Crippen LogP contribution in [0.5, 0.6) is 0 Å². The zero-order valence-corrected chi connectivity index (χ0v) is 14.5. The second kappa shape index (κ2) is 7.88. The largest absolute Gasteiger partial charge is 0.463 e. The van der Waals surface area contributed by atoms with Gasteiger partial charge in [0.25, 0.3) is 0 Å². The van der Waals surface area contributed by atoms with Crippen LogP contribution < -0.4 is 5.32 Å². The van der Waals surface area contributed by atoms with Gasteiger partial charge in [-0.1, -0.05) is 34.1 Å². The van der Waals surface area contributed by atoms with Crippen molar-refractivity contribution < 1.29 is 9.21 Å². The second-order valence-electron chi connectivity index (χ2n) is 5.20. The van der Waals surface area contributed by atoms with E-state index in [9.17, 15) is 4.79 Å². The zero-order chi connectivity index (χ0) is 16.8. The number of amides is 1. The second-order valence-corrected chi connectivity index (χ2v) is 6.05. The number of carbonyl (C=O) groups excluding carboxylic acids is 1. The first kappa shape index (κ1) is 16.4. The molecule has 122 valence electrons. The molecule has 24 heavy (non-hydrogen) atoms. The van der Waals surface area contributed by atoms with Gasteiger partial charge in [-0.25, -0.2) is 4.98 Å². The van der Waals surface area contributed by atoms with E-state index < -0.39 is 0 Å². The highest BCUT2D eigenvalue weighted by molar-refractivity contribution is 9.10. The van der Waals surface area contributed by atoms with Crippen molar-refractivity contribution in [3.05, 3.63) is 70.8 Å². The Hall–Kier alpha value is -2.47. The smallest absolute Gasteiger partial charge is 0.220 e. The number of aryl methyl sites for hydroxylation is 1. The molecular weight excluding hydrogens is 370 g/mol. The fourth-order valence-electron chi connectivity index (χ4n) is 2.34. The number of nitrogens with zero attached hydrogens (tertiary/aromatic N) is 2. The van der Waals surface area contributed by atoms with Gasteiger partial charge >= 0.3 is 0 Å². The molecule has 6 heteroatoms. The molecule has 0 aliphatic rings. The molecule has 1 amide bonds. The SMILES string of the molecule is O=C(CCc1ccccc1Br)NCc1nccnc1-c1ccco1. The molecule has 0 aliphatic carbocycles. The molecule has 0 unspecified atom stereocenters. The molecule has 0 radical (unpaired) electrons. The molecule has 5 nitrogen and oxygen atoms in total. The number of furan rings is 1. The maximum atomic E-state index is 12.1. The van der Waals surface area contributed by atoms with Crippen molar-refractivity contribution in [2.24, 2.45) is 0 Å². The maximum Gasteiger partial charge on any atom is 0.220 e. The van der Waals surface area contributed by atoms with E-state index in [1.807, 2.05) is 30.3 Å². The first-order chi connectivity index (χ1) is 11.7. The Morgan fingerprint density at radius 1 is 1.12 bits per heavy atom. The van der Waals surface area contributed by atoms with Gasteiger partial charge in [-0.2, -0.15) is 0 Å². The summed E-state index contributed by atoms with van der Waals surface area (Å²) in [6.45, 7) is 0.318. The molecular formula is C18H16BrN3O2. The quantitative estimate of drug-likeness (QED) is 0.701. The van der Waals surface area contributed by atoms with Gasteiger partial charge in [0.05, 0.1) is 18.5 Å². The molecule has 0 fully saturated rings. The van der Waals surface area contributed by atoms with E-state index in [1.165, 1.54) is 0 Å². The van der Waals surface area contributed by atoms with Crippen LogP contribution in [0.2, 0.25) is 0 Å². The summed E-state index contributed by atoms with van der Waals surface area (Å²) in [7, 11) is 0. The topological polar surface area (TPSA) is 68.0 Å². The summed E-state index contributed by atoms with van der Waals surface area (Å²) in [6.07, 6.45) is 5.90. The predicted molar refractivity (Wildman–Crippen MR) is 94.0 cm³/mol. The minimum absolute atomic E-state index is 0.0261. The third-order valence-electron chi connectivity index (χ3n) is 3.56. The van der Waals surface area contributed by atoms with Crippen LogP contribution in [0, 0.1) is 0 Å². The van der Waals surface area contributed by atoms with Crippen LogP contribution in [0.4, 0.5) is 0 Å². The summed E-state index contributed by atoms with van der Waals surface area (Å²) in [6, 6.07) is 11.5. The molecule has 0 aliphatic heterocycles. The minimum Gasteiger partial charge on any atom is -0.463 e. The lowest BCUT2D eigenvalue weighted by atomic mass is 10.1. The van der Waals surface area contributed by atoms with Crippen LogP contribution >= 0.6 is 15.9 Å². The lowest BCUT2D eigenvalue weighted by molar-refractivity contribution is -0.121. The molecule has 1 aromatic carbocycles. The van der Waals surface area contributed by atoms with Crippen LogP contribution in [0.25, 0.3) is 11.5 Å². The Morgan fingerprint density at radius 3 is 2.75 bits per heavy atom. The first-order valence-electron chi connectivity index (χ1n) is 7.58. The average molecular weight is 386 g/mol. The van der Waals surface area contributed by atoms with Crippen molar-refractivity contribution in [2.75, 3.05) is 0 Å². The molecule has 0 saturated heterocycles. The standard InChI is InChI=1S/C18H16BrN3O2/c19-14-5-2-1-4-13(14)7-8-17(23)22-12-15-18(21-10-9-20-15)16-6-3-11-24-16/h1-6,9-11H,7-8,12H2,(H,22,23). The van der Waals surface area contributed by atoms with Crippen molar-refractivity contribution in [2.45, 2.75) is 19.4 Å². The monoisotopic (exact) mass is 385 g/mol. The highest BCUT2D eigenvalue weighted by atomic mass is 79.9. The lowest BCUT2D eigenvalue weighted by Crippen LogP contribution is -2.24. The average Bonchev–Trinajstić information content (AvgIpc) is 3.14. The molecule has 3 rings (SSSR count). The van der Waals surface area contributed by atoms with Gasteiger partial charge in [0.1, 0.15) is 5.69 Å². The van der Waals surface area contributed by atoms with Crippen molar-refractivity contribution in [3.63, 3.8) is 0 Å². The van der Waals surface area contributed by atoms with Crippen molar-refractivity contribution in [1.29, 1.82) is 0 Å². The van der Waals surface area contributed by atoms with Gasteiger partial charge in [-0.3, -0.25) is 9.78 Å². The van der Waals surface area contributed by atoms with Gasteiger partial charge in [-0.15, -0.1) is 0 Å². The molecule has 3 aromatic rings. The molecule has 0 bridgehead atoms. The fourth-order valence-corrected chi connectivity index (χ4v) is 2.82. The number of carbonyl (C=O) groups is 1. The van der Waals surface area contributed by atoms with Crippen LogP contribution in [-0.2, 0) is 17.8 Å². The summed E-state index contributed by atoms with van der Waals surface area (Å²) in [5.74, 6) is 0.613. The Morgan fingerprint density at radius 2 is 1.96 bits per heavy atom. The van der Waals surface area contributed by atoms with Gasteiger partial charge in [0.2, 0.25) is 5.91 Å². The third kappa shape index (κ3) is 4.08. The number of halogens is 1. The number of nitrogens with one attached hydrogen (secondary N) is 1. The van der Waals surface area contributed by atoms with E-state index in [2.05, 4.69) is 31.2 Å². The zero-order valence-electron chi connectivity index (χ0n) is 12.9. The summed E-state index contributed by atoms with van der Waals surface area (Å²) >= 11 is 3.49. The Labute approximate surface area is 148 Å². The van der Waals surface area contributed by atoms with Crippen LogP contribution in [0.15, 0.2) is 63.9 Å². The van der Waals surface area contributed by atoms with Crippen LogP contribution in [0.3, 0.4) is 0 Å². The first-order valence-corrected chi connectivity index (χ1v) is 8.37. The molecule has 2 heterocycles. The third-order valence-corrected chi connectivity index (χ3v) is 4.33. The van der Waals surface area contributed by atoms with Crippen LogP contribution in [-0.4, -0.2) is 15.9 Å². The van der Waals surface area contributed by atoms with E-state index >= 15 is 0 Å². The van der Waals surface area contributed by atoms with E-state index in [0.717, 1.165) is 10.0 Å². The summed E-state index contributed by atoms with van der Waals surface area (Å²) in [4.78, 5) is 20.7. The van der Waals surface area contributed by atoms with E-state index in [0.29, 0.717) is 36.5 Å². The highest BCUT2D eigenvalue weighted by Crippen LogP contribution is 2.20. The van der Waals surface area contributed by atoms with Gasteiger partial charge in [0, 0.05) is 23.3 Å². The molecule has 0 spiro atoms. The van der Waals surface area contributed by atoms with E-state index in [-0.39, 0.29) is 5.91 Å². The molecule has 2 aromatic heterocycles. The van der Waals surface area contributed by atoms with Gasteiger partial charge in [0.15, 0.2) is 5.76 Å². The molecule has 0 saturated carbocycles. The number of hydrogen-bond donors (Lipinski definition) is 1. The van der Waals surface area contributed by atoms with Crippen molar-refractivity contribution in [1.82, 2.24) is 15.3 Å². The fraction of sp³-hybridized carbons (Fsp3) is 0.167. The maximum absolute atomic E-state index is 12.1. The van der Waals surface area contributed by atoms with Crippen molar-refractivity contribution >= 4 is 21.8 Å². The number of rotatable bonds is 6. The Kier molecular flexibility index (Phi) is 5.38. The summed E-state index contributed by atoms with van der Waals surface area (Å²) in [5.41, 5.74) is 2.44. The Balaban J connectivity index is 1.58. The summed E-state index contributed by atoms with van der Waals surface area (Å²) in [5, 5.41) is 2.89. The predicted octanol–water partition coefficient (Wildman–Crippen LogP) is 3.75. The molecule has 1 N–H and O–H groups in total. The lowest BCUT2D eigenvalue weighted by Gasteiger charge is -2.08. The number of aromatic nitrogens is 2. The normalized spacial score (nSPS) is 10.5. The molecule has 0 atom stereocenters. The van der Waals surface area contributed by atoms with Crippen LogP contribution in [0.1, 0.15) is 17.7 Å². The van der Waals surface area contributed by atoms with Gasteiger partial charge < -0.3 is 9.73 Å². The van der Waals surface area contributed by atoms with E-state index in [4.69, 9.17) is 4.42 Å². The number of hydrogen-bond acceptors (Lipinski definition) is 4. The van der Waals surface area contributed by atoms with E-state index in [1.54, 1.807) is 24.7 Å². The van der Waals surface area contributed by atoms with Crippen molar-refractivity contribution in [3.8, 4) is 11.5 Å². The summed E-state index contributed by atoms with van der Waals surface area (Å²) < 4.78 is 6.39. The number of benzene rings is 1. The highest BCUT2D eigenvalue weighted by Gasteiger charge is 2.11. The van der Waals surface area contributed by atoms with Gasteiger partial charge in [-0.05, 0) is 30.2 Å². The minimum atomic E-state index is -0.0261. The Bertz CT molecular complexity index is 819.